The number of sulfonamides is 1. The number of carbonyl (C=O) groups excluding carboxylic acids is 2. The Labute approximate surface area is 198 Å². The number of carbonyl (C=O) groups is 2. The largest absolute Gasteiger partial charge is 0.395 e. The van der Waals surface area contributed by atoms with E-state index in [-0.39, 0.29) is 24.0 Å². The van der Waals surface area contributed by atoms with Crippen LogP contribution in [-0.2, 0) is 21.2 Å². The van der Waals surface area contributed by atoms with Crippen LogP contribution >= 0.6 is 11.6 Å². The number of hydrogen-bond donors (Lipinski definition) is 3. The molecule has 3 rings (SSSR count). The third-order valence-electron chi connectivity index (χ3n) is 5.42. The molecule has 176 valence electrons. The van der Waals surface area contributed by atoms with Crippen LogP contribution in [0.3, 0.4) is 0 Å². The molecule has 0 aromatic heterocycles. The molecule has 2 aromatic rings. The van der Waals surface area contributed by atoms with Crippen LogP contribution in [0.2, 0.25) is 5.02 Å². The van der Waals surface area contributed by atoms with E-state index in [0.29, 0.717) is 30.0 Å². The van der Waals surface area contributed by atoms with E-state index in [0.717, 1.165) is 11.6 Å². The number of aliphatic hydroxyl groups excluding tert-OH is 1. The number of benzene rings is 2. The SMILES string of the molecule is C=CC(=O)NC1CC(CO)N(S(=O)(=O)c2ccc(C(=O)NCCc3cccc(Cl)c3)cc2)C1. The summed E-state index contributed by atoms with van der Waals surface area (Å²) in [6.45, 7) is 3.46. The predicted octanol–water partition coefficient (Wildman–Crippen LogP) is 1.74. The molecule has 0 saturated carbocycles. The monoisotopic (exact) mass is 491 g/mol. The van der Waals surface area contributed by atoms with Gasteiger partial charge in [0, 0.05) is 29.7 Å². The van der Waals surface area contributed by atoms with Crippen LogP contribution in [0.15, 0.2) is 66.1 Å². The smallest absolute Gasteiger partial charge is 0.251 e. The van der Waals surface area contributed by atoms with Crippen molar-refractivity contribution in [1.82, 2.24) is 14.9 Å². The quantitative estimate of drug-likeness (QED) is 0.462. The van der Waals surface area contributed by atoms with Crippen molar-refractivity contribution in [2.24, 2.45) is 0 Å². The molecule has 1 saturated heterocycles. The minimum Gasteiger partial charge on any atom is -0.395 e. The van der Waals surface area contributed by atoms with Crippen LogP contribution in [0.25, 0.3) is 0 Å². The van der Waals surface area contributed by atoms with Gasteiger partial charge >= 0.3 is 0 Å². The lowest BCUT2D eigenvalue weighted by Gasteiger charge is -2.22. The first-order valence-corrected chi connectivity index (χ1v) is 12.2. The second kappa shape index (κ2) is 10.9. The third-order valence-corrected chi connectivity index (χ3v) is 7.59. The van der Waals surface area contributed by atoms with Crippen molar-refractivity contribution in [3.8, 4) is 0 Å². The maximum absolute atomic E-state index is 13.1. The lowest BCUT2D eigenvalue weighted by atomic mass is 10.1. The molecule has 0 aliphatic carbocycles. The predicted molar refractivity (Wildman–Crippen MR) is 125 cm³/mol. The molecule has 3 N–H and O–H groups in total. The van der Waals surface area contributed by atoms with Crippen LogP contribution in [0.1, 0.15) is 22.3 Å². The van der Waals surface area contributed by atoms with E-state index in [2.05, 4.69) is 17.2 Å². The fourth-order valence-corrected chi connectivity index (χ4v) is 5.63. The van der Waals surface area contributed by atoms with Gasteiger partial charge in [0.25, 0.3) is 5.91 Å². The molecular formula is C23H26ClN3O5S. The minimum atomic E-state index is -3.92. The highest BCUT2D eigenvalue weighted by atomic mass is 35.5. The van der Waals surface area contributed by atoms with E-state index in [4.69, 9.17) is 11.6 Å². The molecule has 1 fully saturated rings. The summed E-state index contributed by atoms with van der Waals surface area (Å²) in [5.74, 6) is -0.718. The van der Waals surface area contributed by atoms with Gasteiger partial charge in [0.2, 0.25) is 15.9 Å². The van der Waals surface area contributed by atoms with Crippen molar-refractivity contribution in [1.29, 1.82) is 0 Å². The average Bonchev–Trinajstić information content (AvgIpc) is 3.22. The minimum absolute atomic E-state index is 0.00660. The molecule has 8 nitrogen and oxygen atoms in total. The van der Waals surface area contributed by atoms with Gasteiger partial charge in [0.15, 0.2) is 0 Å². The highest BCUT2D eigenvalue weighted by Crippen LogP contribution is 2.26. The number of nitrogens with zero attached hydrogens (tertiary/aromatic N) is 1. The summed E-state index contributed by atoms with van der Waals surface area (Å²) in [6.07, 6.45) is 2.02. The van der Waals surface area contributed by atoms with Crippen LogP contribution in [0.4, 0.5) is 0 Å². The van der Waals surface area contributed by atoms with E-state index in [1.807, 2.05) is 18.2 Å². The number of nitrogens with one attached hydrogen (secondary N) is 2. The molecule has 2 aromatic carbocycles. The Kier molecular flexibility index (Phi) is 8.25. The zero-order valence-electron chi connectivity index (χ0n) is 17.9. The zero-order valence-corrected chi connectivity index (χ0v) is 19.5. The van der Waals surface area contributed by atoms with Gasteiger partial charge in [-0.05, 0) is 60.9 Å². The third kappa shape index (κ3) is 6.20. The van der Waals surface area contributed by atoms with Crippen molar-refractivity contribution in [3.05, 3.63) is 77.3 Å². The van der Waals surface area contributed by atoms with Gasteiger partial charge in [-0.2, -0.15) is 4.31 Å². The maximum atomic E-state index is 13.1. The molecule has 2 amide bonds. The summed E-state index contributed by atoms with van der Waals surface area (Å²) >= 11 is 5.96. The molecule has 0 bridgehead atoms. The standard InChI is InChI=1S/C23H26ClN3O5S/c1-2-22(29)26-19-13-20(15-28)27(14-19)33(31,32)21-8-6-17(7-9-21)23(30)25-11-10-16-4-3-5-18(24)12-16/h2-9,12,19-20,28H,1,10-11,13-15H2,(H,25,30)(H,26,29). The molecular weight excluding hydrogens is 466 g/mol. The Morgan fingerprint density at radius 2 is 1.94 bits per heavy atom. The van der Waals surface area contributed by atoms with Crippen molar-refractivity contribution < 1.29 is 23.1 Å². The number of hydrogen-bond acceptors (Lipinski definition) is 5. The molecule has 1 heterocycles. The fourth-order valence-electron chi connectivity index (χ4n) is 3.74. The summed E-state index contributed by atoms with van der Waals surface area (Å²) in [5, 5.41) is 15.8. The molecule has 2 unspecified atom stereocenters. The molecule has 33 heavy (non-hydrogen) atoms. The second-order valence-electron chi connectivity index (χ2n) is 7.72. The van der Waals surface area contributed by atoms with Gasteiger partial charge in [-0.25, -0.2) is 8.42 Å². The van der Waals surface area contributed by atoms with E-state index < -0.39 is 28.0 Å². The fraction of sp³-hybridized carbons (Fsp3) is 0.304. The van der Waals surface area contributed by atoms with Gasteiger partial charge in [-0.15, -0.1) is 0 Å². The Bertz CT molecular complexity index is 1120. The summed E-state index contributed by atoms with van der Waals surface area (Å²) in [5.41, 5.74) is 1.33. The average molecular weight is 492 g/mol. The highest BCUT2D eigenvalue weighted by molar-refractivity contribution is 7.89. The van der Waals surface area contributed by atoms with E-state index in [1.165, 1.54) is 28.6 Å². The highest BCUT2D eigenvalue weighted by Gasteiger charge is 2.40. The van der Waals surface area contributed by atoms with Gasteiger partial charge < -0.3 is 15.7 Å². The van der Waals surface area contributed by atoms with Crippen molar-refractivity contribution >= 4 is 33.4 Å². The first kappa shape index (κ1) is 24.9. The van der Waals surface area contributed by atoms with Gasteiger partial charge in [-0.3, -0.25) is 9.59 Å². The number of aliphatic hydroxyl groups is 1. The first-order valence-electron chi connectivity index (χ1n) is 10.4. The van der Waals surface area contributed by atoms with E-state index >= 15 is 0 Å². The number of rotatable bonds is 9. The second-order valence-corrected chi connectivity index (χ2v) is 10.0. The van der Waals surface area contributed by atoms with E-state index in [9.17, 15) is 23.1 Å². The summed E-state index contributed by atoms with van der Waals surface area (Å²) < 4.78 is 27.4. The lowest BCUT2D eigenvalue weighted by molar-refractivity contribution is -0.117. The van der Waals surface area contributed by atoms with Gasteiger partial charge in [0.1, 0.15) is 0 Å². The van der Waals surface area contributed by atoms with E-state index in [1.54, 1.807) is 6.07 Å². The normalized spacial score (nSPS) is 18.6. The lowest BCUT2D eigenvalue weighted by Crippen LogP contribution is -2.39. The van der Waals surface area contributed by atoms with Crippen LogP contribution in [0, 0.1) is 0 Å². The topological polar surface area (TPSA) is 116 Å². The Balaban J connectivity index is 1.63. The summed E-state index contributed by atoms with van der Waals surface area (Å²) in [4.78, 5) is 24.0. The molecule has 10 heteroatoms. The van der Waals surface area contributed by atoms with Crippen molar-refractivity contribution in [3.63, 3.8) is 0 Å². The Morgan fingerprint density at radius 3 is 2.58 bits per heavy atom. The summed E-state index contributed by atoms with van der Waals surface area (Å²) in [7, 11) is -3.92. The molecule has 2 atom stereocenters. The number of amides is 2. The van der Waals surface area contributed by atoms with Crippen molar-refractivity contribution in [2.75, 3.05) is 19.7 Å². The maximum Gasteiger partial charge on any atom is 0.251 e. The van der Waals surface area contributed by atoms with Crippen LogP contribution in [-0.4, -0.2) is 61.4 Å². The van der Waals surface area contributed by atoms with Crippen LogP contribution in [0.5, 0.6) is 0 Å². The van der Waals surface area contributed by atoms with Crippen LogP contribution < -0.4 is 10.6 Å². The Hall–Kier alpha value is -2.72. The first-order chi connectivity index (χ1) is 15.7. The number of halogens is 1. The van der Waals surface area contributed by atoms with Crippen molar-refractivity contribution in [2.45, 2.75) is 29.8 Å². The Morgan fingerprint density at radius 1 is 1.21 bits per heavy atom. The summed E-state index contributed by atoms with van der Waals surface area (Å²) in [6, 6.07) is 11.9. The molecule has 0 spiro atoms. The zero-order chi connectivity index (χ0) is 24.0. The van der Waals surface area contributed by atoms with Gasteiger partial charge in [-0.1, -0.05) is 30.3 Å². The molecule has 1 aliphatic heterocycles. The van der Waals surface area contributed by atoms with Gasteiger partial charge in [0.05, 0.1) is 17.5 Å². The molecule has 1 aliphatic rings. The molecule has 0 radical (unpaired) electrons.